The zero-order chi connectivity index (χ0) is 22.6. The summed E-state index contributed by atoms with van der Waals surface area (Å²) in [6.07, 6.45) is 0. The number of thiocarbonyl (C=S) groups is 1. The van der Waals surface area contributed by atoms with E-state index < -0.39 is 14.9 Å². The van der Waals surface area contributed by atoms with Gasteiger partial charge in [0, 0.05) is 22.8 Å². The molecule has 3 aromatic rings. The van der Waals surface area contributed by atoms with Crippen LogP contribution >= 0.6 is 23.8 Å². The van der Waals surface area contributed by atoms with Crippen LogP contribution < -0.4 is 20.5 Å². The Labute approximate surface area is 188 Å². The molecule has 0 heterocycles. The van der Waals surface area contributed by atoms with Crippen molar-refractivity contribution in [2.75, 3.05) is 10.6 Å². The molecule has 0 radical (unpaired) electrons. The molecule has 31 heavy (non-hydrogen) atoms. The predicted molar refractivity (Wildman–Crippen MR) is 122 cm³/mol. The van der Waals surface area contributed by atoms with E-state index in [0.29, 0.717) is 22.1 Å². The van der Waals surface area contributed by atoms with Gasteiger partial charge in [-0.15, -0.1) is 0 Å². The summed E-state index contributed by atoms with van der Waals surface area (Å²) in [7, 11) is -3.80. The molecule has 0 aliphatic rings. The second-order valence-corrected chi connectivity index (χ2v) is 8.58. The van der Waals surface area contributed by atoms with Gasteiger partial charge in [0.25, 0.3) is 5.69 Å². The molecule has 3 aromatic carbocycles. The van der Waals surface area contributed by atoms with Gasteiger partial charge >= 0.3 is 0 Å². The predicted octanol–water partition coefficient (Wildman–Crippen LogP) is 4.50. The van der Waals surface area contributed by atoms with E-state index in [1.54, 1.807) is 30.3 Å². The number of nitro benzene ring substituents is 1. The van der Waals surface area contributed by atoms with Gasteiger partial charge in [-0.05, 0) is 60.7 Å². The van der Waals surface area contributed by atoms with Crippen molar-refractivity contribution in [3.05, 3.63) is 81.9 Å². The molecule has 0 unspecified atom stereocenters. The van der Waals surface area contributed by atoms with Crippen molar-refractivity contribution in [1.29, 1.82) is 0 Å². The third-order valence-corrected chi connectivity index (χ3v) is 5.24. The lowest BCUT2D eigenvalue weighted by atomic mass is 10.2. The summed E-state index contributed by atoms with van der Waals surface area (Å²) in [6, 6.07) is 16.3. The number of ether oxygens (including phenoxy) is 1. The number of hydrogen-bond donors (Lipinski definition) is 3. The Bertz CT molecular complexity index is 1230. The highest BCUT2D eigenvalue weighted by Gasteiger charge is 2.13. The van der Waals surface area contributed by atoms with E-state index in [4.69, 9.17) is 33.7 Å². The molecule has 0 aliphatic carbocycles. The Kier molecular flexibility index (Phi) is 6.71. The summed E-state index contributed by atoms with van der Waals surface area (Å²) < 4.78 is 28.3. The average molecular weight is 479 g/mol. The fraction of sp³-hybridized carbons (Fsp3) is 0. The average Bonchev–Trinajstić information content (AvgIpc) is 2.69. The number of halogens is 1. The number of rotatable bonds is 6. The number of nitro groups is 1. The van der Waals surface area contributed by atoms with Gasteiger partial charge in [0.15, 0.2) is 5.11 Å². The molecule has 0 saturated heterocycles. The van der Waals surface area contributed by atoms with Gasteiger partial charge in [-0.25, -0.2) is 13.6 Å². The molecule has 3 rings (SSSR count). The topological polar surface area (TPSA) is 137 Å². The van der Waals surface area contributed by atoms with Gasteiger partial charge in [-0.2, -0.15) is 0 Å². The molecule has 0 atom stereocenters. The Morgan fingerprint density at radius 3 is 2.16 bits per heavy atom. The minimum Gasteiger partial charge on any atom is -0.457 e. The number of hydrogen-bond acceptors (Lipinski definition) is 6. The molecule has 160 valence electrons. The molecule has 9 nitrogen and oxygen atoms in total. The summed E-state index contributed by atoms with van der Waals surface area (Å²) in [5, 5.41) is 22.7. The van der Waals surface area contributed by atoms with Crippen LogP contribution in [0.5, 0.6) is 11.5 Å². The van der Waals surface area contributed by atoms with Crippen LogP contribution in [0.4, 0.5) is 17.1 Å². The Morgan fingerprint density at radius 1 is 0.968 bits per heavy atom. The maximum atomic E-state index is 11.3. The third-order valence-electron chi connectivity index (χ3n) is 3.85. The van der Waals surface area contributed by atoms with Crippen LogP contribution in [-0.2, 0) is 10.0 Å². The molecule has 0 aliphatic heterocycles. The van der Waals surface area contributed by atoms with Crippen LogP contribution in [0, 0.1) is 10.1 Å². The van der Waals surface area contributed by atoms with Crippen LogP contribution in [0.15, 0.2) is 71.6 Å². The summed E-state index contributed by atoms with van der Waals surface area (Å²) >= 11 is 11.1. The van der Waals surface area contributed by atoms with E-state index >= 15 is 0 Å². The van der Waals surface area contributed by atoms with E-state index in [1.165, 1.54) is 36.4 Å². The number of sulfonamides is 1. The zero-order valence-electron chi connectivity index (χ0n) is 15.6. The molecular formula is C19H15ClN4O5S2. The van der Waals surface area contributed by atoms with Gasteiger partial charge in [0.1, 0.15) is 11.5 Å². The number of nitrogens with one attached hydrogen (secondary N) is 2. The van der Waals surface area contributed by atoms with Crippen LogP contribution in [-0.4, -0.2) is 18.5 Å². The van der Waals surface area contributed by atoms with Crippen molar-refractivity contribution in [3.63, 3.8) is 0 Å². The smallest absolute Gasteiger partial charge is 0.275 e. The third kappa shape index (κ3) is 6.36. The normalized spacial score (nSPS) is 10.9. The van der Waals surface area contributed by atoms with Crippen LogP contribution in [0.2, 0.25) is 5.02 Å². The van der Waals surface area contributed by atoms with E-state index in [9.17, 15) is 18.5 Å². The van der Waals surface area contributed by atoms with Crippen LogP contribution in [0.1, 0.15) is 0 Å². The molecule has 0 saturated carbocycles. The number of primary sulfonamides is 1. The molecule has 0 bridgehead atoms. The van der Waals surface area contributed by atoms with Gasteiger partial charge in [0.2, 0.25) is 10.0 Å². The highest BCUT2D eigenvalue weighted by Crippen LogP contribution is 2.30. The van der Waals surface area contributed by atoms with Crippen molar-refractivity contribution in [3.8, 4) is 11.5 Å². The highest BCUT2D eigenvalue weighted by atomic mass is 35.5. The first-order valence-corrected chi connectivity index (χ1v) is 10.9. The van der Waals surface area contributed by atoms with Gasteiger partial charge in [-0.1, -0.05) is 11.6 Å². The number of nitrogens with two attached hydrogens (primary N) is 1. The zero-order valence-corrected chi connectivity index (χ0v) is 18.0. The lowest BCUT2D eigenvalue weighted by Gasteiger charge is -2.12. The molecule has 0 fully saturated rings. The summed E-state index contributed by atoms with van der Waals surface area (Å²) in [4.78, 5) is 10.7. The summed E-state index contributed by atoms with van der Waals surface area (Å²) in [5.41, 5.74) is 0.610. The molecular weight excluding hydrogens is 464 g/mol. The first-order chi connectivity index (χ1) is 14.6. The summed E-state index contributed by atoms with van der Waals surface area (Å²) in [6.45, 7) is 0. The molecule has 4 N–H and O–H groups in total. The minimum absolute atomic E-state index is 0.0420. The Morgan fingerprint density at radius 2 is 1.58 bits per heavy atom. The number of nitrogens with zero attached hydrogens (tertiary/aromatic N) is 1. The van der Waals surface area contributed by atoms with Crippen LogP contribution in [0.3, 0.4) is 0 Å². The van der Waals surface area contributed by atoms with Crippen molar-refractivity contribution >= 4 is 56.0 Å². The van der Waals surface area contributed by atoms with E-state index in [0.717, 1.165) is 0 Å². The molecule has 0 amide bonds. The molecule has 0 aromatic heterocycles. The fourth-order valence-electron chi connectivity index (χ4n) is 2.48. The fourth-order valence-corrected chi connectivity index (χ4v) is 3.36. The first kappa shape index (κ1) is 22.4. The maximum absolute atomic E-state index is 11.3. The maximum Gasteiger partial charge on any atom is 0.275 e. The van der Waals surface area contributed by atoms with E-state index in [-0.39, 0.29) is 21.4 Å². The van der Waals surface area contributed by atoms with Gasteiger partial charge in [0.05, 0.1) is 21.6 Å². The van der Waals surface area contributed by atoms with Crippen molar-refractivity contribution in [1.82, 2.24) is 0 Å². The second-order valence-electron chi connectivity index (χ2n) is 6.18. The minimum atomic E-state index is -3.80. The number of benzene rings is 3. The van der Waals surface area contributed by atoms with Crippen molar-refractivity contribution in [2.24, 2.45) is 5.14 Å². The first-order valence-electron chi connectivity index (χ1n) is 8.54. The van der Waals surface area contributed by atoms with Crippen molar-refractivity contribution in [2.45, 2.75) is 4.90 Å². The standard InChI is InChI=1S/C19H15ClN4O5S2/c20-12-1-5-16(6-2-12)29-17-10-14(9-15(11-17)24(25)26)23-19(30)22-13-3-7-18(8-4-13)31(21,27)28/h1-11H,(H2,21,27,28)(H2,22,23,30). The van der Waals surface area contributed by atoms with Crippen molar-refractivity contribution < 1.29 is 18.1 Å². The number of anilines is 2. The Balaban J connectivity index is 1.76. The van der Waals surface area contributed by atoms with Crippen LogP contribution in [0.25, 0.3) is 0 Å². The Hall–Kier alpha value is -3.25. The van der Waals surface area contributed by atoms with E-state index in [1.807, 2.05) is 0 Å². The van der Waals surface area contributed by atoms with E-state index in [2.05, 4.69) is 10.6 Å². The highest BCUT2D eigenvalue weighted by molar-refractivity contribution is 7.89. The van der Waals surface area contributed by atoms with Gasteiger partial charge < -0.3 is 15.4 Å². The monoisotopic (exact) mass is 478 g/mol. The largest absolute Gasteiger partial charge is 0.457 e. The lowest BCUT2D eigenvalue weighted by Crippen LogP contribution is -2.19. The second kappa shape index (κ2) is 9.27. The van der Waals surface area contributed by atoms with Gasteiger partial charge in [-0.3, -0.25) is 10.1 Å². The summed E-state index contributed by atoms with van der Waals surface area (Å²) in [5.74, 6) is 0.672. The SMILES string of the molecule is NS(=O)(=O)c1ccc(NC(=S)Nc2cc(Oc3ccc(Cl)cc3)cc([N+](=O)[O-])c2)cc1. The molecule has 12 heteroatoms. The lowest BCUT2D eigenvalue weighted by molar-refractivity contribution is -0.384. The number of non-ortho nitro benzene ring substituents is 1. The molecule has 0 spiro atoms. The quantitative estimate of drug-likeness (QED) is 0.267.